The maximum absolute atomic E-state index is 12.2. The lowest BCUT2D eigenvalue weighted by Gasteiger charge is -2.05. The average Bonchev–Trinajstić information content (AvgIpc) is 2.73. The zero-order valence-corrected chi connectivity index (χ0v) is 7.56. The Hall–Kier alpha value is -1.00. The monoisotopic (exact) mass is 204 g/mol. The van der Waals surface area contributed by atoms with Crippen molar-refractivity contribution >= 4 is 0 Å². The van der Waals surface area contributed by atoms with Crippen molar-refractivity contribution < 1.29 is 13.2 Å². The molecule has 0 unspecified atom stereocenters. The quantitative estimate of drug-likeness (QED) is 0.748. The van der Waals surface area contributed by atoms with Gasteiger partial charge in [-0.05, 0) is 12.8 Å². The second kappa shape index (κ2) is 3.29. The van der Waals surface area contributed by atoms with E-state index in [1.165, 1.54) is 0 Å². The van der Waals surface area contributed by atoms with Gasteiger partial charge < -0.3 is 4.98 Å². The number of aromatic nitrogens is 2. The molecular formula is C9H11F3N2. The molecule has 1 N–H and O–H groups in total. The fourth-order valence-corrected chi connectivity index (χ4v) is 1.89. The Kier molecular flexibility index (Phi) is 2.25. The van der Waals surface area contributed by atoms with Crippen molar-refractivity contribution in [2.24, 2.45) is 0 Å². The van der Waals surface area contributed by atoms with Crippen LogP contribution in [0.3, 0.4) is 0 Å². The van der Waals surface area contributed by atoms with E-state index in [9.17, 15) is 13.2 Å². The first kappa shape index (κ1) is 9.55. The minimum absolute atomic E-state index is 0.200. The molecule has 1 aliphatic rings. The number of hydrogen-bond donors (Lipinski definition) is 1. The Labute approximate surface area is 79.5 Å². The number of H-pyrrole nitrogens is 1. The maximum atomic E-state index is 12.2. The Bertz CT molecular complexity index is 310. The molecule has 0 aliphatic heterocycles. The molecule has 0 radical (unpaired) electrons. The molecule has 0 aromatic carbocycles. The van der Waals surface area contributed by atoms with Gasteiger partial charge in [0.25, 0.3) is 0 Å². The first-order valence-corrected chi connectivity index (χ1v) is 4.69. The second-order valence-electron chi connectivity index (χ2n) is 3.66. The van der Waals surface area contributed by atoms with Crippen LogP contribution in [-0.4, -0.2) is 9.97 Å². The van der Waals surface area contributed by atoms with Gasteiger partial charge in [-0.1, -0.05) is 12.8 Å². The van der Waals surface area contributed by atoms with Crippen LogP contribution in [-0.2, 0) is 6.18 Å². The first-order chi connectivity index (χ1) is 6.57. The molecule has 1 aliphatic carbocycles. The lowest BCUT2D eigenvalue weighted by atomic mass is 10.1. The molecule has 1 fully saturated rings. The summed E-state index contributed by atoms with van der Waals surface area (Å²) >= 11 is 0. The van der Waals surface area contributed by atoms with Gasteiger partial charge in [-0.3, -0.25) is 0 Å². The third-order valence-electron chi connectivity index (χ3n) is 2.64. The van der Waals surface area contributed by atoms with E-state index in [0.717, 1.165) is 31.9 Å². The summed E-state index contributed by atoms with van der Waals surface area (Å²) in [6.45, 7) is 0. The number of nitrogens with zero attached hydrogens (tertiary/aromatic N) is 1. The molecule has 78 valence electrons. The van der Waals surface area contributed by atoms with E-state index in [-0.39, 0.29) is 5.92 Å². The van der Waals surface area contributed by atoms with Crippen LogP contribution in [0.15, 0.2) is 6.20 Å². The molecule has 1 heterocycles. The number of alkyl halides is 3. The molecule has 1 aromatic rings. The van der Waals surface area contributed by atoms with Crippen LogP contribution in [0.4, 0.5) is 13.2 Å². The molecule has 0 bridgehead atoms. The first-order valence-electron chi connectivity index (χ1n) is 4.69. The summed E-state index contributed by atoms with van der Waals surface area (Å²) in [4.78, 5) is 6.15. The molecule has 14 heavy (non-hydrogen) atoms. The number of aromatic amines is 1. The number of imidazole rings is 1. The summed E-state index contributed by atoms with van der Waals surface area (Å²) in [7, 11) is 0. The molecular weight excluding hydrogens is 193 g/mol. The van der Waals surface area contributed by atoms with E-state index in [1.54, 1.807) is 0 Å². The van der Waals surface area contributed by atoms with Gasteiger partial charge in [-0.2, -0.15) is 13.2 Å². The molecule has 0 amide bonds. The molecule has 1 aromatic heterocycles. The zero-order chi connectivity index (χ0) is 10.2. The van der Waals surface area contributed by atoms with Crippen molar-refractivity contribution in [1.29, 1.82) is 0 Å². The fourth-order valence-electron chi connectivity index (χ4n) is 1.89. The Morgan fingerprint density at radius 1 is 1.29 bits per heavy atom. The third-order valence-corrected chi connectivity index (χ3v) is 2.64. The van der Waals surface area contributed by atoms with E-state index < -0.39 is 11.9 Å². The van der Waals surface area contributed by atoms with Crippen molar-refractivity contribution in [3.05, 3.63) is 17.7 Å². The number of halogens is 3. The van der Waals surface area contributed by atoms with Crippen LogP contribution in [0.1, 0.15) is 43.1 Å². The lowest BCUT2D eigenvalue weighted by molar-refractivity contribution is -0.140. The highest BCUT2D eigenvalue weighted by Crippen LogP contribution is 2.34. The summed E-state index contributed by atoms with van der Waals surface area (Å²) in [5.74, 6) is 0.695. The Balaban J connectivity index is 2.17. The van der Waals surface area contributed by atoms with Gasteiger partial charge in [0.1, 0.15) is 11.5 Å². The standard InChI is InChI=1S/C9H11F3N2/c10-9(11,12)7-5-13-8(14-7)6-3-1-2-4-6/h5-6H,1-4H2,(H,13,14). The van der Waals surface area contributed by atoms with Crippen molar-refractivity contribution in [3.8, 4) is 0 Å². The van der Waals surface area contributed by atoms with Crippen molar-refractivity contribution in [3.63, 3.8) is 0 Å². The topological polar surface area (TPSA) is 28.7 Å². The Morgan fingerprint density at radius 2 is 1.93 bits per heavy atom. The van der Waals surface area contributed by atoms with Gasteiger partial charge in [-0.15, -0.1) is 0 Å². The third kappa shape index (κ3) is 1.76. The van der Waals surface area contributed by atoms with E-state index in [0.29, 0.717) is 5.82 Å². The van der Waals surface area contributed by atoms with Crippen LogP contribution in [0.5, 0.6) is 0 Å². The minimum atomic E-state index is -4.30. The predicted molar refractivity (Wildman–Crippen MR) is 44.8 cm³/mol. The molecule has 2 nitrogen and oxygen atoms in total. The van der Waals surface area contributed by atoms with E-state index in [2.05, 4.69) is 9.97 Å². The lowest BCUT2D eigenvalue weighted by Crippen LogP contribution is -2.05. The average molecular weight is 204 g/mol. The molecule has 2 rings (SSSR count). The smallest absolute Gasteiger partial charge is 0.338 e. The van der Waals surface area contributed by atoms with Gasteiger partial charge in [0.05, 0.1) is 6.20 Å². The number of nitrogens with one attached hydrogen (secondary N) is 1. The number of rotatable bonds is 1. The van der Waals surface area contributed by atoms with E-state index in [4.69, 9.17) is 0 Å². The minimum Gasteiger partial charge on any atom is -0.338 e. The largest absolute Gasteiger partial charge is 0.432 e. The molecule has 5 heteroatoms. The highest BCUT2D eigenvalue weighted by molar-refractivity contribution is 5.09. The predicted octanol–water partition coefficient (Wildman–Crippen LogP) is 3.09. The normalized spacial score (nSPS) is 19.1. The van der Waals surface area contributed by atoms with Gasteiger partial charge in [-0.25, -0.2) is 4.98 Å². The van der Waals surface area contributed by atoms with Gasteiger partial charge in [0.2, 0.25) is 0 Å². The van der Waals surface area contributed by atoms with E-state index in [1.807, 2.05) is 0 Å². The van der Waals surface area contributed by atoms with Crippen LogP contribution in [0, 0.1) is 0 Å². The number of hydrogen-bond acceptors (Lipinski definition) is 1. The van der Waals surface area contributed by atoms with Crippen LogP contribution in [0.2, 0.25) is 0 Å². The van der Waals surface area contributed by atoms with Crippen molar-refractivity contribution in [2.75, 3.05) is 0 Å². The summed E-state index contributed by atoms with van der Waals surface area (Å²) in [6.07, 6.45) is 0.659. The molecule has 0 saturated heterocycles. The summed E-state index contributed by atoms with van der Waals surface area (Å²) in [5, 5.41) is 0. The van der Waals surface area contributed by atoms with Gasteiger partial charge in [0, 0.05) is 5.92 Å². The fraction of sp³-hybridized carbons (Fsp3) is 0.667. The Morgan fingerprint density at radius 3 is 2.43 bits per heavy atom. The van der Waals surface area contributed by atoms with Gasteiger partial charge >= 0.3 is 6.18 Å². The van der Waals surface area contributed by atoms with Crippen LogP contribution < -0.4 is 0 Å². The van der Waals surface area contributed by atoms with Gasteiger partial charge in [0.15, 0.2) is 0 Å². The molecule has 0 atom stereocenters. The summed E-state index contributed by atoms with van der Waals surface area (Å²) < 4.78 is 36.7. The van der Waals surface area contributed by atoms with Crippen LogP contribution in [0.25, 0.3) is 0 Å². The highest BCUT2D eigenvalue weighted by Gasteiger charge is 2.34. The van der Waals surface area contributed by atoms with Crippen LogP contribution >= 0.6 is 0 Å². The summed E-state index contributed by atoms with van der Waals surface area (Å²) in [5.41, 5.74) is -0.737. The van der Waals surface area contributed by atoms with Crippen molar-refractivity contribution in [1.82, 2.24) is 9.97 Å². The van der Waals surface area contributed by atoms with Crippen molar-refractivity contribution in [2.45, 2.75) is 37.8 Å². The molecule has 1 saturated carbocycles. The highest BCUT2D eigenvalue weighted by atomic mass is 19.4. The SMILES string of the molecule is FC(F)(F)c1cnc(C2CCCC2)[nH]1. The zero-order valence-electron chi connectivity index (χ0n) is 7.56. The summed E-state index contributed by atoms with van der Waals surface area (Å²) in [6, 6.07) is 0. The molecule has 0 spiro atoms. The van der Waals surface area contributed by atoms with E-state index >= 15 is 0 Å². The second-order valence-corrected chi connectivity index (χ2v) is 3.66. The maximum Gasteiger partial charge on any atom is 0.432 e.